The predicted octanol–water partition coefficient (Wildman–Crippen LogP) is 3.85. The van der Waals surface area contributed by atoms with Gasteiger partial charge in [-0.3, -0.25) is 14.4 Å². The zero-order chi connectivity index (χ0) is 30.6. The molecule has 0 radical (unpaired) electrons. The van der Waals surface area contributed by atoms with Crippen LogP contribution in [-0.4, -0.2) is 79.4 Å². The first-order valence-corrected chi connectivity index (χ1v) is 14.7. The lowest BCUT2D eigenvalue weighted by Gasteiger charge is -2.47. The van der Waals surface area contributed by atoms with Crippen LogP contribution >= 0.6 is 11.8 Å². The normalized spacial score (nSPS) is 23.0. The monoisotopic (exact) mass is 612 g/mol. The summed E-state index contributed by atoms with van der Waals surface area (Å²) in [5.41, 5.74) is -4.54. The molecule has 2 N–H and O–H groups in total. The quantitative estimate of drug-likeness (QED) is 0.319. The Morgan fingerprint density at radius 2 is 2.09 bits per heavy atom. The van der Waals surface area contributed by atoms with Gasteiger partial charge in [0, 0.05) is 49.0 Å². The lowest BCUT2D eigenvalue weighted by molar-refractivity contribution is -0.114. The number of carbonyl (C=O) groups excluding carboxylic acids is 1. The molecule has 1 aliphatic carbocycles. The smallest absolute Gasteiger partial charge is 0.375 e. The summed E-state index contributed by atoms with van der Waals surface area (Å²) in [6, 6.07) is 4.01. The number of ether oxygens (including phenoxy) is 1. The van der Waals surface area contributed by atoms with E-state index in [2.05, 4.69) is 43.5 Å². The second-order valence-electron chi connectivity index (χ2n) is 12.3. The van der Waals surface area contributed by atoms with E-state index >= 15 is 0 Å². The second kappa shape index (κ2) is 10.5. The highest BCUT2D eigenvalue weighted by Gasteiger charge is 2.60. The van der Waals surface area contributed by atoms with Crippen molar-refractivity contribution in [3.63, 3.8) is 0 Å². The van der Waals surface area contributed by atoms with Gasteiger partial charge in [0.1, 0.15) is 5.03 Å². The first-order chi connectivity index (χ1) is 20.3. The highest BCUT2D eigenvalue weighted by Crippen LogP contribution is 2.53. The molecule has 2 aliphatic heterocycles. The molecule has 3 fully saturated rings. The Kier molecular flexibility index (Phi) is 7.15. The molecule has 2 unspecified atom stereocenters. The van der Waals surface area contributed by atoms with E-state index in [0.29, 0.717) is 36.0 Å². The zero-order valence-corrected chi connectivity index (χ0v) is 24.8. The molecule has 0 spiro atoms. The molecule has 1 amide bonds. The van der Waals surface area contributed by atoms with E-state index in [4.69, 9.17) is 4.74 Å². The number of nitriles is 1. The van der Waals surface area contributed by atoms with Crippen LogP contribution in [0.3, 0.4) is 0 Å². The van der Waals surface area contributed by atoms with Crippen molar-refractivity contribution in [2.45, 2.75) is 60.8 Å². The van der Waals surface area contributed by atoms with Crippen molar-refractivity contribution in [2.75, 3.05) is 38.2 Å². The van der Waals surface area contributed by atoms with Gasteiger partial charge in [-0.2, -0.15) is 23.5 Å². The number of rotatable bonds is 6. The number of thioether (sulfide) groups is 1. The van der Waals surface area contributed by atoms with Crippen molar-refractivity contribution in [3.8, 4) is 17.9 Å². The average molecular weight is 613 g/mol. The van der Waals surface area contributed by atoms with Crippen molar-refractivity contribution >= 4 is 29.0 Å². The van der Waals surface area contributed by atoms with Gasteiger partial charge in [-0.15, -0.1) is 0 Å². The van der Waals surface area contributed by atoms with Gasteiger partial charge in [-0.05, 0) is 45.6 Å². The zero-order valence-electron chi connectivity index (χ0n) is 24.0. The van der Waals surface area contributed by atoms with Crippen LogP contribution in [0.5, 0.6) is 0 Å². The van der Waals surface area contributed by atoms with Crippen LogP contribution in [0.25, 0.3) is 5.52 Å². The number of halogens is 3. The van der Waals surface area contributed by atoms with E-state index < -0.39 is 11.0 Å². The average Bonchev–Trinajstić information content (AvgIpc) is 3.22. The van der Waals surface area contributed by atoms with Crippen LogP contribution in [0, 0.1) is 29.1 Å². The van der Waals surface area contributed by atoms with Gasteiger partial charge in [0.2, 0.25) is 0 Å². The number of anilines is 1. The number of aromatic nitrogens is 4. The summed E-state index contributed by atoms with van der Waals surface area (Å²) in [6.45, 7) is 8.13. The number of likely N-dealkylation sites (tertiary alicyclic amines) is 1. The molecule has 3 aliphatic rings. The number of carbonyl (C=O) groups is 1. The molecule has 43 heavy (non-hydrogen) atoms. The minimum absolute atomic E-state index is 0.0538. The van der Waals surface area contributed by atoms with Crippen LogP contribution in [0.15, 0.2) is 35.9 Å². The van der Waals surface area contributed by atoms with Crippen LogP contribution in [0.4, 0.5) is 19.0 Å². The van der Waals surface area contributed by atoms with E-state index in [1.165, 1.54) is 23.0 Å². The largest absolute Gasteiger partial charge is 0.447 e. The molecule has 10 nitrogen and oxygen atoms in total. The molecular weight excluding hydrogens is 581 g/mol. The standard InChI is InChI=1S/C29H31F3N8O2S/c1-26(2,3)40-14-20(13-36-40)24(41)35-7-4-5-19-11-22-23(34-8-10-39(22)25(19)43-29(30,31)32)37-28-6-9-38(15-21(28)12-28)27(16-33)17-42-18-27/h8,10-11,13-14,21H,6-7,9,12,15,17-18H2,1-3H3,(H,34,37)(H,35,41). The third-order valence-electron chi connectivity index (χ3n) is 8.32. The lowest BCUT2D eigenvalue weighted by Crippen LogP contribution is -2.63. The Morgan fingerprint density at radius 1 is 1.30 bits per heavy atom. The van der Waals surface area contributed by atoms with Crippen molar-refractivity contribution in [1.82, 2.24) is 29.4 Å². The highest BCUT2D eigenvalue weighted by molar-refractivity contribution is 8.00. The number of amides is 1. The first kappa shape index (κ1) is 29.4. The molecule has 2 atom stereocenters. The molecule has 226 valence electrons. The molecule has 0 aromatic carbocycles. The van der Waals surface area contributed by atoms with Crippen LogP contribution in [0.1, 0.15) is 49.5 Å². The number of fused-ring (bicyclic) bond motifs is 2. The van der Waals surface area contributed by atoms with Crippen LogP contribution in [0.2, 0.25) is 0 Å². The molecule has 1 saturated carbocycles. The van der Waals surface area contributed by atoms with Gasteiger partial charge in [0.05, 0.1) is 54.2 Å². The molecule has 3 aromatic heterocycles. The van der Waals surface area contributed by atoms with Crippen LogP contribution < -0.4 is 10.6 Å². The maximum absolute atomic E-state index is 13.6. The van der Waals surface area contributed by atoms with E-state index in [-0.39, 0.29) is 45.9 Å². The Bertz CT molecular complexity index is 1670. The molecule has 2 saturated heterocycles. The third-order valence-corrected chi connectivity index (χ3v) is 9.16. The van der Waals surface area contributed by atoms with Gasteiger partial charge in [-0.25, -0.2) is 4.98 Å². The van der Waals surface area contributed by atoms with Gasteiger partial charge in [0.15, 0.2) is 11.4 Å². The number of nitrogens with one attached hydrogen (secondary N) is 2. The Morgan fingerprint density at radius 3 is 2.72 bits per heavy atom. The number of piperidine rings is 1. The Hall–Kier alpha value is -3.72. The fourth-order valence-electron chi connectivity index (χ4n) is 5.72. The third kappa shape index (κ3) is 5.67. The summed E-state index contributed by atoms with van der Waals surface area (Å²) < 4.78 is 49.3. The SMILES string of the molecule is CC(C)(C)n1cc(C(=O)NCC#Cc2cc3c(NC45CCN(C6(C#N)COC6)CC4C5)nccn3c2SC(F)(F)F)cn1. The van der Waals surface area contributed by atoms with E-state index in [9.17, 15) is 23.2 Å². The maximum atomic E-state index is 13.6. The first-order valence-electron chi connectivity index (χ1n) is 13.9. The molecule has 6 rings (SSSR count). The molecule has 14 heteroatoms. The molecule has 0 bridgehead atoms. The summed E-state index contributed by atoms with van der Waals surface area (Å²) in [5.74, 6) is 6.03. The van der Waals surface area contributed by atoms with Gasteiger partial charge in [0.25, 0.3) is 5.91 Å². The van der Waals surface area contributed by atoms with Crippen molar-refractivity contribution in [2.24, 2.45) is 5.92 Å². The molecule has 5 heterocycles. The lowest BCUT2D eigenvalue weighted by atomic mass is 9.92. The fraction of sp³-hybridized carbons (Fsp3) is 0.517. The van der Waals surface area contributed by atoms with Crippen molar-refractivity contribution in [1.29, 1.82) is 5.26 Å². The second-order valence-corrected chi connectivity index (χ2v) is 13.3. The predicted molar refractivity (Wildman–Crippen MR) is 153 cm³/mol. The van der Waals surface area contributed by atoms with Crippen LogP contribution in [-0.2, 0) is 10.3 Å². The van der Waals surface area contributed by atoms with E-state index in [0.717, 1.165) is 25.9 Å². The minimum Gasteiger partial charge on any atom is -0.375 e. The molecule has 3 aromatic rings. The van der Waals surface area contributed by atoms with E-state index in [1.807, 2.05) is 20.8 Å². The fourth-order valence-corrected chi connectivity index (χ4v) is 6.42. The highest BCUT2D eigenvalue weighted by atomic mass is 32.2. The summed E-state index contributed by atoms with van der Waals surface area (Å²) in [5, 5.41) is 20.0. The van der Waals surface area contributed by atoms with Gasteiger partial charge < -0.3 is 19.8 Å². The summed E-state index contributed by atoms with van der Waals surface area (Å²) in [7, 11) is 0. The number of hydrogen-bond donors (Lipinski definition) is 2. The number of hydrogen-bond acceptors (Lipinski definition) is 8. The summed E-state index contributed by atoms with van der Waals surface area (Å²) >= 11 is -0.234. The molecular formula is C29H31F3N8O2S. The van der Waals surface area contributed by atoms with Gasteiger partial charge >= 0.3 is 5.51 Å². The van der Waals surface area contributed by atoms with E-state index in [1.54, 1.807) is 16.9 Å². The maximum Gasteiger partial charge on any atom is 0.447 e. The van der Waals surface area contributed by atoms with Crippen molar-refractivity contribution in [3.05, 3.63) is 42.0 Å². The Labute approximate surface area is 250 Å². The van der Waals surface area contributed by atoms with Crippen molar-refractivity contribution < 1.29 is 22.7 Å². The minimum atomic E-state index is -4.53. The Balaban J connectivity index is 1.19. The number of alkyl halides is 3. The number of nitrogens with zero attached hydrogens (tertiary/aromatic N) is 6. The summed E-state index contributed by atoms with van der Waals surface area (Å²) in [6.07, 6.45) is 7.75. The van der Waals surface area contributed by atoms with Gasteiger partial charge in [-0.1, -0.05) is 11.8 Å². The summed E-state index contributed by atoms with van der Waals surface area (Å²) in [4.78, 5) is 19.2. The topological polar surface area (TPSA) is 113 Å².